The quantitative estimate of drug-likeness (QED) is 0.528. The summed E-state index contributed by atoms with van der Waals surface area (Å²) in [6.07, 6.45) is 0.870. The van der Waals surface area contributed by atoms with Crippen molar-refractivity contribution in [1.82, 2.24) is 0 Å². The molecule has 1 aromatic rings. The number of aryl methyl sites for hydroxylation is 1. The van der Waals surface area contributed by atoms with Gasteiger partial charge in [0.2, 0.25) is 5.72 Å². The average molecular weight is 176 g/mol. The van der Waals surface area contributed by atoms with E-state index < -0.39 is 5.72 Å². The Morgan fingerprint density at radius 1 is 1.38 bits per heavy atom. The summed E-state index contributed by atoms with van der Waals surface area (Å²) in [6, 6.07) is 11.3. The predicted octanol–water partition coefficient (Wildman–Crippen LogP) is 0.790. The van der Waals surface area contributed by atoms with Crippen LogP contribution < -0.4 is 5.73 Å². The second-order valence-corrected chi connectivity index (χ2v) is 3.02. The standard InChI is InChI=1S/C10H12N2O/c11-8-10(12,13)7-6-9-4-2-1-3-5-9/h1-5,13H,6-7,12H2/t10-/m1/s1. The molecule has 68 valence electrons. The van der Waals surface area contributed by atoms with Crippen LogP contribution in [0.5, 0.6) is 0 Å². The first-order chi connectivity index (χ1) is 6.14. The van der Waals surface area contributed by atoms with Crippen molar-refractivity contribution in [2.24, 2.45) is 5.73 Å². The second-order valence-electron chi connectivity index (χ2n) is 3.02. The van der Waals surface area contributed by atoms with Crippen molar-refractivity contribution in [2.45, 2.75) is 18.6 Å². The zero-order valence-corrected chi connectivity index (χ0v) is 7.27. The molecular formula is C10H12N2O. The van der Waals surface area contributed by atoms with Crippen LogP contribution in [0.3, 0.4) is 0 Å². The Balaban J connectivity index is 2.50. The first-order valence-corrected chi connectivity index (χ1v) is 4.10. The summed E-state index contributed by atoms with van der Waals surface area (Å²) in [5.74, 6) is 0. The minimum Gasteiger partial charge on any atom is -0.364 e. The molecule has 3 N–H and O–H groups in total. The molecule has 1 rings (SSSR count). The van der Waals surface area contributed by atoms with E-state index in [0.717, 1.165) is 5.56 Å². The number of aliphatic hydroxyl groups is 1. The molecule has 0 heterocycles. The average Bonchev–Trinajstić information content (AvgIpc) is 2.17. The highest BCUT2D eigenvalue weighted by Crippen LogP contribution is 2.08. The Kier molecular flexibility index (Phi) is 3.02. The van der Waals surface area contributed by atoms with Gasteiger partial charge in [-0.15, -0.1) is 0 Å². The molecule has 0 amide bonds. The van der Waals surface area contributed by atoms with E-state index >= 15 is 0 Å². The van der Waals surface area contributed by atoms with Crippen LogP contribution in [-0.2, 0) is 6.42 Å². The fourth-order valence-corrected chi connectivity index (χ4v) is 1.04. The largest absolute Gasteiger partial charge is 0.364 e. The highest BCUT2D eigenvalue weighted by atomic mass is 16.3. The van der Waals surface area contributed by atoms with E-state index in [1.807, 2.05) is 30.3 Å². The van der Waals surface area contributed by atoms with Gasteiger partial charge < -0.3 is 5.11 Å². The Hall–Kier alpha value is -1.37. The molecule has 0 radical (unpaired) electrons. The first kappa shape index (κ1) is 9.72. The van der Waals surface area contributed by atoms with Gasteiger partial charge in [-0.05, 0) is 12.0 Å². The molecule has 0 fully saturated rings. The number of nitriles is 1. The van der Waals surface area contributed by atoms with Crippen LogP contribution in [0.15, 0.2) is 30.3 Å². The zero-order valence-electron chi connectivity index (χ0n) is 7.27. The van der Waals surface area contributed by atoms with Gasteiger partial charge in [0, 0.05) is 6.42 Å². The van der Waals surface area contributed by atoms with E-state index in [0.29, 0.717) is 6.42 Å². The molecule has 0 aromatic heterocycles. The van der Waals surface area contributed by atoms with E-state index in [9.17, 15) is 5.11 Å². The minimum absolute atomic E-state index is 0.257. The Morgan fingerprint density at radius 2 is 2.00 bits per heavy atom. The van der Waals surface area contributed by atoms with Gasteiger partial charge in [0.15, 0.2) is 0 Å². The SMILES string of the molecule is N#C[C@](N)(O)CCc1ccccc1. The van der Waals surface area contributed by atoms with Crippen LogP contribution in [-0.4, -0.2) is 10.8 Å². The number of rotatable bonds is 3. The third-order valence-electron chi connectivity index (χ3n) is 1.83. The second kappa shape index (κ2) is 4.04. The van der Waals surface area contributed by atoms with Crippen LogP contribution in [0, 0.1) is 11.3 Å². The Labute approximate surface area is 77.4 Å². The van der Waals surface area contributed by atoms with Crippen molar-refractivity contribution in [3.05, 3.63) is 35.9 Å². The van der Waals surface area contributed by atoms with Crippen molar-refractivity contribution in [3.63, 3.8) is 0 Å². The molecule has 0 spiro atoms. The van der Waals surface area contributed by atoms with Crippen LogP contribution in [0.25, 0.3) is 0 Å². The maximum atomic E-state index is 9.20. The lowest BCUT2D eigenvalue weighted by atomic mass is 10.0. The molecule has 3 heteroatoms. The summed E-state index contributed by atoms with van der Waals surface area (Å²) in [7, 11) is 0. The number of hydrogen-bond acceptors (Lipinski definition) is 3. The molecule has 0 aliphatic rings. The fourth-order valence-electron chi connectivity index (χ4n) is 1.04. The van der Waals surface area contributed by atoms with E-state index in [2.05, 4.69) is 0 Å². The van der Waals surface area contributed by atoms with Crippen molar-refractivity contribution in [1.29, 1.82) is 5.26 Å². The number of nitrogens with two attached hydrogens (primary N) is 1. The lowest BCUT2D eigenvalue weighted by molar-refractivity contribution is 0.0971. The fraction of sp³-hybridized carbons (Fsp3) is 0.300. The molecule has 0 saturated carbocycles. The van der Waals surface area contributed by atoms with Crippen LogP contribution >= 0.6 is 0 Å². The molecule has 1 atom stereocenters. The normalized spacial score (nSPS) is 14.5. The summed E-state index contributed by atoms with van der Waals surface area (Å²) >= 11 is 0. The maximum Gasteiger partial charge on any atom is 0.203 e. The van der Waals surface area contributed by atoms with Gasteiger partial charge in [-0.2, -0.15) is 5.26 Å². The lowest BCUT2D eigenvalue weighted by Crippen LogP contribution is -2.38. The number of benzene rings is 1. The summed E-state index contributed by atoms with van der Waals surface area (Å²) < 4.78 is 0. The lowest BCUT2D eigenvalue weighted by Gasteiger charge is -2.12. The third kappa shape index (κ3) is 3.24. The molecule has 0 saturated heterocycles. The van der Waals surface area contributed by atoms with Crippen molar-refractivity contribution in [2.75, 3.05) is 0 Å². The Morgan fingerprint density at radius 3 is 2.54 bits per heavy atom. The predicted molar refractivity (Wildman–Crippen MR) is 49.5 cm³/mol. The van der Waals surface area contributed by atoms with Gasteiger partial charge >= 0.3 is 0 Å². The molecular weight excluding hydrogens is 164 g/mol. The molecule has 1 aromatic carbocycles. The molecule has 0 unspecified atom stereocenters. The maximum absolute atomic E-state index is 9.20. The zero-order chi connectivity index (χ0) is 9.73. The summed E-state index contributed by atoms with van der Waals surface area (Å²) in [5, 5.41) is 17.6. The molecule has 0 aliphatic carbocycles. The van der Waals surface area contributed by atoms with E-state index in [-0.39, 0.29) is 6.42 Å². The monoisotopic (exact) mass is 176 g/mol. The van der Waals surface area contributed by atoms with Gasteiger partial charge in [-0.1, -0.05) is 30.3 Å². The molecule has 3 nitrogen and oxygen atoms in total. The van der Waals surface area contributed by atoms with Crippen LogP contribution in [0.4, 0.5) is 0 Å². The van der Waals surface area contributed by atoms with Crippen molar-refractivity contribution < 1.29 is 5.11 Å². The van der Waals surface area contributed by atoms with E-state index in [1.165, 1.54) is 0 Å². The highest BCUT2D eigenvalue weighted by Gasteiger charge is 2.18. The van der Waals surface area contributed by atoms with Gasteiger partial charge in [0.1, 0.15) is 6.07 Å². The Bertz CT molecular complexity index is 300. The summed E-state index contributed by atoms with van der Waals surface area (Å²) in [4.78, 5) is 0. The number of nitrogens with zero attached hydrogens (tertiary/aromatic N) is 1. The smallest absolute Gasteiger partial charge is 0.203 e. The first-order valence-electron chi connectivity index (χ1n) is 4.10. The third-order valence-corrected chi connectivity index (χ3v) is 1.83. The van der Waals surface area contributed by atoms with Crippen LogP contribution in [0.2, 0.25) is 0 Å². The summed E-state index contributed by atoms with van der Waals surface area (Å²) in [6.45, 7) is 0. The molecule has 0 aliphatic heterocycles. The van der Waals surface area contributed by atoms with E-state index in [4.69, 9.17) is 11.0 Å². The highest BCUT2D eigenvalue weighted by molar-refractivity contribution is 5.15. The molecule has 0 bridgehead atoms. The van der Waals surface area contributed by atoms with Gasteiger partial charge in [0.25, 0.3) is 0 Å². The van der Waals surface area contributed by atoms with Gasteiger partial charge in [-0.25, -0.2) is 0 Å². The van der Waals surface area contributed by atoms with Gasteiger partial charge in [-0.3, -0.25) is 5.73 Å². The van der Waals surface area contributed by atoms with E-state index in [1.54, 1.807) is 6.07 Å². The molecule has 13 heavy (non-hydrogen) atoms. The summed E-state index contributed by atoms with van der Waals surface area (Å²) in [5.41, 5.74) is 4.63. The minimum atomic E-state index is -1.70. The van der Waals surface area contributed by atoms with Gasteiger partial charge in [0.05, 0.1) is 0 Å². The number of hydrogen-bond donors (Lipinski definition) is 2. The van der Waals surface area contributed by atoms with Crippen molar-refractivity contribution >= 4 is 0 Å². The van der Waals surface area contributed by atoms with Crippen molar-refractivity contribution in [3.8, 4) is 6.07 Å². The topological polar surface area (TPSA) is 70.0 Å². The van der Waals surface area contributed by atoms with Crippen LogP contribution in [0.1, 0.15) is 12.0 Å².